The van der Waals surface area contributed by atoms with Crippen molar-refractivity contribution in [1.82, 2.24) is 0 Å². The van der Waals surface area contributed by atoms with E-state index in [1.807, 2.05) is 6.26 Å². The van der Waals surface area contributed by atoms with E-state index in [-0.39, 0.29) is 18.4 Å². The maximum atomic E-state index is 13.7. The van der Waals surface area contributed by atoms with Crippen molar-refractivity contribution in [3.05, 3.63) is 40.0 Å². The highest BCUT2D eigenvalue weighted by atomic mass is 32.2. The molecule has 7 heteroatoms. The number of thioether (sulfide) groups is 2. The van der Waals surface area contributed by atoms with Gasteiger partial charge in [0.15, 0.2) is 0 Å². The molecule has 2 rings (SSSR count). The van der Waals surface area contributed by atoms with Crippen molar-refractivity contribution >= 4 is 34.5 Å². The quantitative estimate of drug-likeness (QED) is 0.303. The van der Waals surface area contributed by atoms with E-state index in [0.717, 1.165) is 10.6 Å². The molecule has 1 aromatic heterocycles. The Labute approximate surface area is 153 Å². The van der Waals surface area contributed by atoms with Gasteiger partial charge in [-0.2, -0.15) is 16.2 Å². The number of alkyl halides is 2. The molecule has 25 heavy (non-hydrogen) atoms. The molecular formula is C18H21F3O2S2. The van der Waals surface area contributed by atoms with Crippen LogP contribution in [0.4, 0.5) is 13.2 Å². The Morgan fingerprint density at radius 2 is 1.84 bits per heavy atom. The molecule has 2 aromatic rings. The maximum absolute atomic E-state index is 13.7. The van der Waals surface area contributed by atoms with Gasteiger partial charge in [0, 0.05) is 28.7 Å². The summed E-state index contributed by atoms with van der Waals surface area (Å²) in [5.74, 6) is -2.18. The fraction of sp³-hybridized carbons (Fsp3) is 0.500. The predicted molar refractivity (Wildman–Crippen MR) is 99.7 cm³/mol. The fourth-order valence-electron chi connectivity index (χ4n) is 2.52. The number of hydrogen-bond donors (Lipinski definition) is 0. The Bertz CT molecular complexity index is 775. The van der Waals surface area contributed by atoms with Crippen LogP contribution in [0.2, 0.25) is 0 Å². The summed E-state index contributed by atoms with van der Waals surface area (Å²) in [6, 6.07) is 5.14. The van der Waals surface area contributed by atoms with Crippen molar-refractivity contribution in [2.24, 2.45) is 0 Å². The van der Waals surface area contributed by atoms with Crippen LogP contribution in [-0.4, -0.2) is 23.7 Å². The summed E-state index contributed by atoms with van der Waals surface area (Å²) < 4.78 is 45.9. The molecule has 0 radical (unpaired) electrons. The second kappa shape index (κ2) is 9.03. The largest absolute Gasteiger partial charge is 0.421 e. The monoisotopic (exact) mass is 390 g/mol. The predicted octanol–water partition coefficient (Wildman–Crippen LogP) is 5.89. The average Bonchev–Trinajstić information content (AvgIpc) is 2.57. The number of rotatable bonds is 9. The normalized spacial score (nSPS) is 12.0. The lowest BCUT2D eigenvalue weighted by Crippen LogP contribution is -2.16. The third kappa shape index (κ3) is 5.71. The highest BCUT2D eigenvalue weighted by Gasteiger charge is 2.27. The standard InChI is InChI=1S/C18H21F3O2S2/c1-12-14-6-5-13(11-15(14)23-17(22)16(12)19)25-10-4-8-18(20,21)7-3-9-24-2/h5-6,11H,3-4,7-10H2,1-2H3. The van der Waals surface area contributed by atoms with Gasteiger partial charge in [-0.15, -0.1) is 11.8 Å². The molecule has 138 valence electrons. The van der Waals surface area contributed by atoms with E-state index in [4.69, 9.17) is 4.42 Å². The lowest BCUT2D eigenvalue weighted by atomic mass is 10.1. The van der Waals surface area contributed by atoms with Crippen molar-refractivity contribution in [2.75, 3.05) is 17.8 Å². The molecule has 0 amide bonds. The van der Waals surface area contributed by atoms with Crippen molar-refractivity contribution in [1.29, 1.82) is 0 Å². The molecule has 0 aliphatic rings. The molecule has 0 atom stereocenters. The molecule has 2 nitrogen and oxygen atoms in total. The van der Waals surface area contributed by atoms with E-state index in [2.05, 4.69) is 0 Å². The summed E-state index contributed by atoms with van der Waals surface area (Å²) in [6.45, 7) is 1.53. The van der Waals surface area contributed by atoms with E-state index < -0.39 is 17.4 Å². The van der Waals surface area contributed by atoms with Crippen LogP contribution >= 0.6 is 23.5 Å². The minimum absolute atomic E-state index is 0.0650. The van der Waals surface area contributed by atoms with Crippen LogP contribution in [0, 0.1) is 12.7 Å². The molecule has 0 aliphatic heterocycles. The van der Waals surface area contributed by atoms with Gasteiger partial charge in [-0.25, -0.2) is 13.6 Å². The van der Waals surface area contributed by atoms with E-state index >= 15 is 0 Å². The van der Waals surface area contributed by atoms with Crippen LogP contribution in [0.3, 0.4) is 0 Å². The summed E-state index contributed by atoms with van der Waals surface area (Å²) in [7, 11) is 0. The molecule has 0 saturated heterocycles. The zero-order valence-corrected chi connectivity index (χ0v) is 15.9. The van der Waals surface area contributed by atoms with Crippen LogP contribution in [0.1, 0.15) is 31.2 Å². The van der Waals surface area contributed by atoms with Crippen molar-refractivity contribution in [3.63, 3.8) is 0 Å². The molecule has 1 aromatic carbocycles. The smallest absolute Gasteiger partial charge is 0.372 e. The summed E-state index contributed by atoms with van der Waals surface area (Å²) in [5.41, 5.74) is -0.416. The van der Waals surface area contributed by atoms with Gasteiger partial charge in [0.1, 0.15) is 5.58 Å². The topological polar surface area (TPSA) is 30.2 Å². The molecular weight excluding hydrogens is 369 g/mol. The third-order valence-corrected chi connectivity index (χ3v) is 5.69. The molecule has 0 fully saturated rings. The van der Waals surface area contributed by atoms with Gasteiger partial charge in [-0.1, -0.05) is 0 Å². The summed E-state index contributed by atoms with van der Waals surface area (Å²) in [4.78, 5) is 12.2. The van der Waals surface area contributed by atoms with Crippen LogP contribution in [0.15, 0.2) is 32.3 Å². The molecule has 0 N–H and O–H groups in total. The van der Waals surface area contributed by atoms with Gasteiger partial charge in [-0.3, -0.25) is 0 Å². The number of halogens is 3. The molecule has 0 saturated carbocycles. The SMILES string of the molecule is CSCCCC(F)(F)CCCSc1ccc2c(C)c(F)c(=O)oc2c1. The lowest BCUT2D eigenvalue weighted by molar-refractivity contribution is -0.0167. The van der Waals surface area contributed by atoms with Gasteiger partial charge >= 0.3 is 5.63 Å². The zero-order chi connectivity index (χ0) is 18.4. The van der Waals surface area contributed by atoms with Crippen molar-refractivity contribution in [3.8, 4) is 0 Å². The summed E-state index contributed by atoms with van der Waals surface area (Å²) in [6.07, 6.45) is 2.66. The van der Waals surface area contributed by atoms with Gasteiger partial charge < -0.3 is 4.42 Å². The van der Waals surface area contributed by atoms with E-state index in [9.17, 15) is 18.0 Å². The minimum Gasteiger partial charge on any atom is -0.421 e. The number of fused-ring (bicyclic) bond motifs is 1. The van der Waals surface area contributed by atoms with Crippen LogP contribution < -0.4 is 5.63 Å². The first-order valence-electron chi connectivity index (χ1n) is 8.06. The van der Waals surface area contributed by atoms with Crippen molar-refractivity contribution in [2.45, 2.75) is 43.4 Å². The van der Waals surface area contributed by atoms with Gasteiger partial charge in [0.2, 0.25) is 11.7 Å². The number of aryl methyl sites for hydroxylation is 1. The summed E-state index contributed by atoms with van der Waals surface area (Å²) >= 11 is 3.01. The Balaban J connectivity index is 1.91. The Hall–Kier alpha value is -1.08. The molecule has 0 unspecified atom stereocenters. The highest BCUT2D eigenvalue weighted by molar-refractivity contribution is 7.99. The van der Waals surface area contributed by atoms with Gasteiger partial charge in [0.05, 0.1) is 0 Å². The number of benzene rings is 1. The van der Waals surface area contributed by atoms with Crippen LogP contribution in [0.25, 0.3) is 11.0 Å². The lowest BCUT2D eigenvalue weighted by Gasteiger charge is -2.15. The van der Waals surface area contributed by atoms with Gasteiger partial charge in [0.25, 0.3) is 0 Å². The minimum atomic E-state index is -2.61. The maximum Gasteiger partial charge on any atom is 0.372 e. The fourth-order valence-corrected chi connectivity index (χ4v) is 3.84. The second-order valence-electron chi connectivity index (χ2n) is 5.89. The van der Waals surface area contributed by atoms with Crippen LogP contribution in [-0.2, 0) is 0 Å². The molecule has 0 spiro atoms. The first kappa shape index (κ1) is 20.2. The first-order chi connectivity index (χ1) is 11.8. The number of hydrogen-bond acceptors (Lipinski definition) is 4. The highest BCUT2D eigenvalue weighted by Crippen LogP contribution is 2.30. The average molecular weight is 390 g/mol. The Morgan fingerprint density at radius 3 is 2.52 bits per heavy atom. The Kier molecular flexibility index (Phi) is 7.31. The summed E-state index contributed by atoms with van der Waals surface area (Å²) in [5, 5.41) is 0.543. The first-order valence-corrected chi connectivity index (χ1v) is 10.4. The zero-order valence-electron chi connectivity index (χ0n) is 14.2. The second-order valence-corrected chi connectivity index (χ2v) is 8.04. The third-order valence-electron chi connectivity index (χ3n) is 3.91. The molecule has 0 bridgehead atoms. The van der Waals surface area contributed by atoms with E-state index in [0.29, 0.717) is 29.6 Å². The van der Waals surface area contributed by atoms with E-state index in [1.165, 1.54) is 18.7 Å². The van der Waals surface area contributed by atoms with Crippen molar-refractivity contribution < 1.29 is 17.6 Å². The van der Waals surface area contributed by atoms with Gasteiger partial charge in [-0.05, 0) is 55.7 Å². The van der Waals surface area contributed by atoms with E-state index in [1.54, 1.807) is 30.0 Å². The Morgan fingerprint density at radius 1 is 1.16 bits per heavy atom. The van der Waals surface area contributed by atoms with Crippen LogP contribution in [0.5, 0.6) is 0 Å². The molecule has 1 heterocycles. The molecule has 0 aliphatic carbocycles.